The molecule has 2 bridgehead atoms. The fourth-order valence-electron chi connectivity index (χ4n) is 7.36. The van der Waals surface area contributed by atoms with Crippen molar-refractivity contribution in [3.63, 3.8) is 0 Å². The number of carbonyl (C=O) groups is 1. The van der Waals surface area contributed by atoms with Crippen molar-refractivity contribution in [2.45, 2.75) is 54.0 Å². The number of sulfone groups is 1. The summed E-state index contributed by atoms with van der Waals surface area (Å²) in [6.45, 7) is 0.472. The van der Waals surface area contributed by atoms with Gasteiger partial charge in [-0.2, -0.15) is 10.3 Å². The summed E-state index contributed by atoms with van der Waals surface area (Å²) in [5, 5.41) is 24.9. The van der Waals surface area contributed by atoms with Gasteiger partial charge in [0.2, 0.25) is 0 Å². The van der Waals surface area contributed by atoms with Gasteiger partial charge >= 0.3 is 0 Å². The minimum absolute atomic E-state index is 0.103. The summed E-state index contributed by atoms with van der Waals surface area (Å²) in [6.07, 6.45) is 1.34. The van der Waals surface area contributed by atoms with Gasteiger partial charge in [0.1, 0.15) is 0 Å². The maximum absolute atomic E-state index is 14.2. The number of nitrogens with zero attached hydrogens (tertiary/aromatic N) is 2. The van der Waals surface area contributed by atoms with Crippen molar-refractivity contribution in [1.82, 2.24) is 5.06 Å². The van der Waals surface area contributed by atoms with Crippen LogP contribution in [0.3, 0.4) is 0 Å². The third-order valence-electron chi connectivity index (χ3n) is 9.18. The third-order valence-corrected chi connectivity index (χ3v) is 12.1. The molecule has 2 N–H and O–H groups in total. The summed E-state index contributed by atoms with van der Waals surface area (Å²) in [4.78, 5) is 18.5. The first-order chi connectivity index (χ1) is 21.4. The van der Waals surface area contributed by atoms with Gasteiger partial charge in [-0.15, -0.1) is 0 Å². The number of nitriles is 1. The van der Waals surface area contributed by atoms with Crippen molar-refractivity contribution >= 4 is 33.0 Å². The highest BCUT2D eigenvalue weighted by molar-refractivity contribution is 7.92. The van der Waals surface area contributed by atoms with Crippen LogP contribution in [-0.2, 0) is 21.2 Å². The van der Waals surface area contributed by atoms with Crippen LogP contribution < -0.4 is 5.32 Å². The van der Waals surface area contributed by atoms with E-state index >= 15 is 0 Å². The number of rotatable bonds is 7. The van der Waals surface area contributed by atoms with Crippen LogP contribution in [0, 0.1) is 46.5 Å². The molecule has 1 heterocycles. The Morgan fingerprint density at radius 3 is 2.33 bits per heavy atom. The summed E-state index contributed by atoms with van der Waals surface area (Å²) >= 11 is 6.37. The topological polar surface area (TPSA) is 120 Å². The molecule has 3 fully saturated rings. The van der Waals surface area contributed by atoms with Crippen molar-refractivity contribution < 1.29 is 36.3 Å². The molecule has 0 radical (unpaired) electrons. The predicted octanol–water partition coefficient (Wildman–Crippen LogP) is 5.66. The lowest BCUT2D eigenvalue weighted by Gasteiger charge is -2.46. The van der Waals surface area contributed by atoms with Gasteiger partial charge in [0.25, 0.3) is 5.91 Å². The molecular weight excluding hydrogens is 631 g/mol. The molecule has 3 aliphatic rings. The van der Waals surface area contributed by atoms with Gasteiger partial charge in [0.15, 0.2) is 27.3 Å². The van der Waals surface area contributed by atoms with E-state index < -0.39 is 67.8 Å². The molecule has 45 heavy (non-hydrogen) atoms. The second kappa shape index (κ2) is 12.0. The number of benzene rings is 3. The van der Waals surface area contributed by atoms with E-state index in [1.54, 1.807) is 5.06 Å². The molecule has 236 valence electrons. The van der Waals surface area contributed by atoms with E-state index in [0.29, 0.717) is 31.5 Å². The second-order valence-electron chi connectivity index (χ2n) is 12.0. The van der Waals surface area contributed by atoms with Crippen LogP contribution in [0.2, 0.25) is 5.02 Å². The smallest absolute Gasteiger partial charge is 0.255 e. The highest BCUT2D eigenvalue weighted by Crippen LogP contribution is 2.54. The van der Waals surface area contributed by atoms with E-state index in [1.165, 1.54) is 12.1 Å². The molecule has 1 aliphatic heterocycles. The number of aliphatic hydroxyl groups is 1. The Morgan fingerprint density at radius 2 is 1.71 bits per heavy atom. The standard InChI is InChI=1S/C32H29ClF3N3O5S/c33-24-9-8-19(31(40)38-23-11-25(34)28(36)26(35)12-23)10-27(24)45(42,43)29-20-6-7-21(29)14-32(41,13-20)30-22(15-37)17-44-39(30)16-18-4-2-1-3-5-18/h1-5,8-12,20-22,29-30,41H,6-7,13-14,16-17H2,(H,38,40)/t20-,21?,22?,29+,30?,32+/m0/s1. The largest absolute Gasteiger partial charge is 0.388 e. The molecule has 2 saturated carbocycles. The van der Waals surface area contributed by atoms with Gasteiger partial charge in [-0.3, -0.25) is 9.63 Å². The Hall–Kier alpha value is -3.47. The molecule has 6 rings (SSSR count). The minimum Gasteiger partial charge on any atom is -0.388 e. The van der Waals surface area contributed by atoms with Crippen LogP contribution in [0.4, 0.5) is 18.9 Å². The average Bonchev–Trinajstić information content (AvgIpc) is 3.55. The summed E-state index contributed by atoms with van der Waals surface area (Å²) in [5.74, 6) is -7.06. The highest BCUT2D eigenvalue weighted by atomic mass is 35.5. The molecule has 6 atom stereocenters. The zero-order valence-electron chi connectivity index (χ0n) is 23.8. The monoisotopic (exact) mass is 659 g/mol. The Labute approximate surface area is 263 Å². The van der Waals surface area contributed by atoms with E-state index in [4.69, 9.17) is 16.4 Å². The molecule has 2 aliphatic carbocycles. The highest BCUT2D eigenvalue weighted by Gasteiger charge is 2.60. The number of nitrogens with one attached hydrogen (secondary N) is 1. The lowest BCUT2D eigenvalue weighted by atomic mass is 9.70. The SMILES string of the molecule is N#CC1CON(Cc2ccccc2)C1[C@]1(O)CC2CC[C@@H](C1)[C@H]2S(=O)(=O)c1cc(C(=O)Nc2cc(F)c(F)c(F)c2)ccc1Cl. The van der Waals surface area contributed by atoms with Crippen LogP contribution in [0.5, 0.6) is 0 Å². The molecule has 13 heteroatoms. The molecule has 1 amide bonds. The Balaban J connectivity index is 1.25. The number of fused-ring (bicyclic) bond motifs is 2. The normalized spacial score (nSPS) is 28.1. The lowest BCUT2D eigenvalue weighted by Crippen LogP contribution is -2.57. The zero-order valence-corrected chi connectivity index (χ0v) is 25.4. The number of hydrogen-bond acceptors (Lipinski definition) is 7. The fourth-order valence-corrected chi connectivity index (χ4v) is 10.2. The third kappa shape index (κ3) is 5.84. The Bertz CT molecular complexity index is 1750. The van der Waals surface area contributed by atoms with Gasteiger partial charge in [0.05, 0.1) is 45.4 Å². The van der Waals surface area contributed by atoms with E-state index in [-0.39, 0.29) is 40.6 Å². The van der Waals surface area contributed by atoms with Gasteiger partial charge in [-0.1, -0.05) is 41.9 Å². The van der Waals surface area contributed by atoms with E-state index in [2.05, 4.69) is 11.4 Å². The number of halogens is 4. The quantitative estimate of drug-likeness (QED) is 0.314. The van der Waals surface area contributed by atoms with Crippen molar-refractivity contribution in [2.75, 3.05) is 11.9 Å². The number of anilines is 1. The molecule has 0 aromatic heterocycles. The van der Waals surface area contributed by atoms with E-state index in [9.17, 15) is 36.8 Å². The molecule has 3 aromatic rings. The summed E-state index contributed by atoms with van der Waals surface area (Å²) in [7, 11) is -4.13. The van der Waals surface area contributed by atoms with Crippen LogP contribution in [0.25, 0.3) is 0 Å². The summed E-state index contributed by atoms with van der Waals surface area (Å²) < 4.78 is 69.0. The van der Waals surface area contributed by atoms with Crippen molar-refractivity contribution in [3.05, 3.63) is 94.3 Å². The summed E-state index contributed by atoms with van der Waals surface area (Å²) in [6, 6.07) is 16.0. The van der Waals surface area contributed by atoms with Crippen LogP contribution in [0.1, 0.15) is 41.6 Å². The van der Waals surface area contributed by atoms with Crippen LogP contribution >= 0.6 is 11.6 Å². The first-order valence-electron chi connectivity index (χ1n) is 14.5. The van der Waals surface area contributed by atoms with Crippen molar-refractivity contribution in [1.29, 1.82) is 5.26 Å². The zero-order chi connectivity index (χ0) is 32.1. The Kier molecular flexibility index (Phi) is 8.43. The number of hydroxylamine groups is 2. The van der Waals surface area contributed by atoms with Gasteiger partial charge in [0, 0.05) is 29.9 Å². The van der Waals surface area contributed by atoms with Crippen molar-refractivity contribution in [3.8, 4) is 6.07 Å². The molecular formula is C32H29ClF3N3O5S. The fraction of sp³-hybridized carbons (Fsp3) is 0.375. The lowest BCUT2D eigenvalue weighted by molar-refractivity contribution is -0.191. The molecule has 8 nitrogen and oxygen atoms in total. The maximum atomic E-state index is 14.2. The van der Waals surface area contributed by atoms with Crippen LogP contribution in [0.15, 0.2) is 65.6 Å². The number of amides is 1. The van der Waals surface area contributed by atoms with Crippen LogP contribution in [-0.4, -0.2) is 48.0 Å². The van der Waals surface area contributed by atoms with Gasteiger partial charge in [-0.05, 0) is 61.3 Å². The summed E-state index contributed by atoms with van der Waals surface area (Å²) in [5.41, 5.74) is -0.931. The van der Waals surface area contributed by atoms with Crippen molar-refractivity contribution in [2.24, 2.45) is 17.8 Å². The minimum atomic E-state index is -4.13. The predicted molar refractivity (Wildman–Crippen MR) is 158 cm³/mol. The molecule has 3 aromatic carbocycles. The first-order valence-corrected chi connectivity index (χ1v) is 16.4. The molecule has 3 unspecified atom stereocenters. The Morgan fingerprint density at radius 1 is 1.07 bits per heavy atom. The number of hydrogen-bond donors (Lipinski definition) is 2. The first kappa shape index (κ1) is 31.5. The molecule has 0 spiro atoms. The van der Waals surface area contributed by atoms with Gasteiger partial charge < -0.3 is 10.4 Å². The second-order valence-corrected chi connectivity index (χ2v) is 14.5. The van der Waals surface area contributed by atoms with E-state index in [0.717, 1.165) is 11.6 Å². The maximum Gasteiger partial charge on any atom is 0.255 e. The average molecular weight is 660 g/mol. The van der Waals surface area contributed by atoms with E-state index in [1.807, 2.05) is 30.3 Å². The number of carbonyl (C=O) groups excluding carboxylic acids is 1. The van der Waals surface area contributed by atoms with Gasteiger partial charge in [-0.25, -0.2) is 21.6 Å². The molecule has 1 saturated heterocycles.